The number of hydrogen-bond acceptors (Lipinski definition) is 5. The first-order valence-electron chi connectivity index (χ1n) is 11.7. The van der Waals surface area contributed by atoms with E-state index in [4.69, 9.17) is 4.98 Å². The normalized spacial score (nSPS) is 17.4. The van der Waals surface area contributed by atoms with Crippen molar-refractivity contribution in [1.82, 2.24) is 19.8 Å². The van der Waals surface area contributed by atoms with E-state index in [1.165, 1.54) is 17.7 Å². The van der Waals surface area contributed by atoms with Gasteiger partial charge in [0.05, 0.1) is 16.8 Å². The van der Waals surface area contributed by atoms with E-state index in [-0.39, 0.29) is 13.1 Å². The highest BCUT2D eigenvalue weighted by molar-refractivity contribution is 5.96. The number of aromatic nitrogens is 2. The monoisotopic (exact) mass is 479 g/mol. The lowest BCUT2D eigenvalue weighted by atomic mass is 10.0. The third-order valence-electron chi connectivity index (χ3n) is 6.51. The Balaban J connectivity index is 1.45. The maximum absolute atomic E-state index is 14.3. The van der Waals surface area contributed by atoms with Crippen molar-refractivity contribution in [3.05, 3.63) is 52.6 Å². The largest absolute Gasteiger partial charge is 0.417 e. The first-order valence-corrected chi connectivity index (χ1v) is 11.7. The second kappa shape index (κ2) is 10.2. The predicted molar refractivity (Wildman–Crippen MR) is 120 cm³/mol. The topological polar surface area (TPSA) is 52.6 Å². The van der Waals surface area contributed by atoms with E-state index in [0.29, 0.717) is 18.8 Å². The fourth-order valence-electron chi connectivity index (χ4n) is 4.51. The van der Waals surface area contributed by atoms with Gasteiger partial charge in [0.2, 0.25) is 5.95 Å². The van der Waals surface area contributed by atoms with Gasteiger partial charge in [0.15, 0.2) is 0 Å². The zero-order chi connectivity index (χ0) is 24.3. The minimum atomic E-state index is -4.82. The molecule has 0 radical (unpaired) electrons. The molecule has 2 aromatic rings. The van der Waals surface area contributed by atoms with Gasteiger partial charge in [0.1, 0.15) is 5.82 Å². The Bertz CT molecular complexity index is 1020. The van der Waals surface area contributed by atoms with E-state index in [0.717, 1.165) is 62.2 Å². The summed E-state index contributed by atoms with van der Waals surface area (Å²) in [7, 11) is 0. The van der Waals surface area contributed by atoms with Gasteiger partial charge in [-0.2, -0.15) is 13.2 Å². The van der Waals surface area contributed by atoms with Crippen molar-refractivity contribution in [1.29, 1.82) is 0 Å². The SMILES string of the molecule is CCCCN1CCN(c2ncc3c(n2)CCN(C(=O)c2c(F)cccc2C(F)(F)F)CC3)CC1. The molecule has 6 nitrogen and oxygen atoms in total. The van der Waals surface area contributed by atoms with Crippen LogP contribution in [-0.4, -0.2) is 71.5 Å². The third-order valence-corrected chi connectivity index (χ3v) is 6.51. The molecular weight excluding hydrogens is 450 g/mol. The molecule has 1 fully saturated rings. The number of nitrogens with zero attached hydrogens (tertiary/aromatic N) is 5. The molecule has 2 aliphatic heterocycles. The number of unbranched alkanes of at least 4 members (excludes halogenated alkanes) is 1. The molecule has 184 valence electrons. The first-order chi connectivity index (χ1) is 16.3. The molecule has 0 saturated carbocycles. The second-order valence-corrected chi connectivity index (χ2v) is 8.78. The van der Waals surface area contributed by atoms with Crippen molar-refractivity contribution in [3.8, 4) is 0 Å². The Kier molecular flexibility index (Phi) is 7.35. The Morgan fingerprint density at radius 3 is 2.50 bits per heavy atom. The van der Waals surface area contributed by atoms with E-state index in [1.54, 1.807) is 6.20 Å². The smallest absolute Gasteiger partial charge is 0.338 e. The van der Waals surface area contributed by atoms with Crippen molar-refractivity contribution in [3.63, 3.8) is 0 Å². The molecule has 0 unspecified atom stereocenters. The van der Waals surface area contributed by atoms with Crippen LogP contribution < -0.4 is 4.90 Å². The standard InChI is InChI=1S/C24H29F4N5O/c1-2-3-9-31-12-14-33(15-13-31)23-29-16-17-7-10-32(11-8-20(17)30-23)22(34)21-18(24(26,27)28)5-4-6-19(21)25/h4-6,16H,2-3,7-15H2,1H3. The van der Waals surface area contributed by atoms with Gasteiger partial charge in [0, 0.05) is 51.9 Å². The maximum Gasteiger partial charge on any atom is 0.417 e. The second-order valence-electron chi connectivity index (χ2n) is 8.78. The minimum Gasteiger partial charge on any atom is -0.338 e. The molecule has 10 heteroatoms. The summed E-state index contributed by atoms with van der Waals surface area (Å²) in [5.74, 6) is -1.47. The summed E-state index contributed by atoms with van der Waals surface area (Å²) in [6.45, 7) is 7.19. The van der Waals surface area contributed by atoms with Gasteiger partial charge in [-0.15, -0.1) is 0 Å². The molecule has 3 heterocycles. The predicted octanol–water partition coefficient (Wildman–Crippen LogP) is 3.80. The van der Waals surface area contributed by atoms with Gasteiger partial charge in [-0.1, -0.05) is 19.4 Å². The number of alkyl halides is 3. The van der Waals surface area contributed by atoms with Crippen LogP contribution in [0.25, 0.3) is 0 Å². The van der Waals surface area contributed by atoms with Crippen molar-refractivity contribution in [2.24, 2.45) is 0 Å². The lowest BCUT2D eigenvalue weighted by Gasteiger charge is -2.34. The van der Waals surface area contributed by atoms with Crippen LogP contribution in [-0.2, 0) is 19.0 Å². The summed E-state index contributed by atoms with van der Waals surface area (Å²) < 4.78 is 54.5. The average molecular weight is 480 g/mol. The number of anilines is 1. The number of carbonyl (C=O) groups excluding carboxylic acids is 1. The summed E-state index contributed by atoms with van der Waals surface area (Å²) in [5, 5.41) is 0. The molecule has 4 rings (SSSR count). The molecule has 1 aromatic carbocycles. The summed E-state index contributed by atoms with van der Waals surface area (Å²) >= 11 is 0. The lowest BCUT2D eigenvalue weighted by Crippen LogP contribution is -2.47. The first kappa shape index (κ1) is 24.4. The van der Waals surface area contributed by atoms with E-state index < -0.39 is 29.0 Å². The fourth-order valence-corrected chi connectivity index (χ4v) is 4.51. The Hall–Kier alpha value is -2.75. The third kappa shape index (κ3) is 5.32. The summed E-state index contributed by atoms with van der Waals surface area (Å²) in [6, 6.07) is 2.59. The van der Waals surface area contributed by atoms with Gasteiger partial charge in [-0.3, -0.25) is 9.69 Å². The van der Waals surface area contributed by atoms with Gasteiger partial charge in [-0.25, -0.2) is 14.4 Å². The summed E-state index contributed by atoms with van der Waals surface area (Å²) in [4.78, 5) is 28.1. The molecule has 2 aliphatic rings. The number of fused-ring (bicyclic) bond motifs is 1. The average Bonchev–Trinajstić information content (AvgIpc) is 3.04. The van der Waals surface area contributed by atoms with Crippen molar-refractivity contribution >= 4 is 11.9 Å². The van der Waals surface area contributed by atoms with Crippen LogP contribution in [0.5, 0.6) is 0 Å². The lowest BCUT2D eigenvalue weighted by molar-refractivity contribution is -0.138. The van der Waals surface area contributed by atoms with Crippen LogP contribution in [0.1, 0.15) is 46.9 Å². The molecular formula is C24H29F4N5O. The van der Waals surface area contributed by atoms with Crippen LogP contribution in [0.4, 0.5) is 23.5 Å². The molecule has 1 amide bonds. The quantitative estimate of drug-likeness (QED) is 0.611. The number of rotatable bonds is 5. The molecule has 34 heavy (non-hydrogen) atoms. The van der Waals surface area contributed by atoms with Crippen molar-refractivity contribution in [2.75, 3.05) is 50.7 Å². The Morgan fingerprint density at radius 2 is 1.79 bits per heavy atom. The Morgan fingerprint density at radius 1 is 1.06 bits per heavy atom. The van der Waals surface area contributed by atoms with Crippen LogP contribution in [0, 0.1) is 5.82 Å². The minimum absolute atomic E-state index is 0.165. The van der Waals surface area contributed by atoms with Crippen molar-refractivity contribution in [2.45, 2.75) is 38.8 Å². The number of carbonyl (C=O) groups is 1. The van der Waals surface area contributed by atoms with Crippen LogP contribution in [0.15, 0.2) is 24.4 Å². The highest BCUT2D eigenvalue weighted by atomic mass is 19.4. The van der Waals surface area contributed by atoms with Gasteiger partial charge in [-0.05, 0) is 37.1 Å². The van der Waals surface area contributed by atoms with Gasteiger partial charge >= 0.3 is 6.18 Å². The number of amides is 1. The highest BCUT2D eigenvalue weighted by Gasteiger charge is 2.38. The van der Waals surface area contributed by atoms with Crippen LogP contribution in [0.3, 0.4) is 0 Å². The van der Waals surface area contributed by atoms with Crippen LogP contribution in [0.2, 0.25) is 0 Å². The van der Waals surface area contributed by atoms with E-state index >= 15 is 0 Å². The highest BCUT2D eigenvalue weighted by Crippen LogP contribution is 2.34. The number of benzene rings is 1. The maximum atomic E-state index is 14.3. The summed E-state index contributed by atoms with van der Waals surface area (Å²) in [5.41, 5.74) is -0.517. The Labute approximate surface area is 196 Å². The molecule has 0 bridgehead atoms. The number of piperazine rings is 1. The molecule has 0 aliphatic carbocycles. The van der Waals surface area contributed by atoms with Gasteiger partial charge < -0.3 is 9.80 Å². The number of halogens is 4. The van der Waals surface area contributed by atoms with E-state index in [1.807, 2.05) is 0 Å². The van der Waals surface area contributed by atoms with Crippen LogP contribution >= 0.6 is 0 Å². The zero-order valence-electron chi connectivity index (χ0n) is 19.2. The molecule has 1 saturated heterocycles. The van der Waals surface area contributed by atoms with Crippen molar-refractivity contribution < 1.29 is 22.4 Å². The molecule has 1 aromatic heterocycles. The summed E-state index contributed by atoms with van der Waals surface area (Å²) in [6.07, 6.45) is 0.0665. The molecule has 0 atom stereocenters. The van der Waals surface area contributed by atoms with E-state index in [2.05, 4.69) is 21.7 Å². The van der Waals surface area contributed by atoms with Gasteiger partial charge in [0.25, 0.3) is 5.91 Å². The number of hydrogen-bond donors (Lipinski definition) is 0. The molecule has 0 N–H and O–H groups in total. The zero-order valence-corrected chi connectivity index (χ0v) is 19.2. The fraction of sp³-hybridized carbons (Fsp3) is 0.542. The molecule has 0 spiro atoms. The van der Waals surface area contributed by atoms with E-state index in [9.17, 15) is 22.4 Å².